The fourth-order valence-corrected chi connectivity index (χ4v) is 11.2. The summed E-state index contributed by atoms with van der Waals surface area (Å²) in [6.45, 7) is 44.0. The summed E-state index contributed by atoms with van der Waals surface area (Å²) >= 11 is 0. The van der Waals surface area contributed by atoms with Crippen LogP contribution in [0.25, 0.3) is 0 Å². The molecule has 0 amide bonds. The predicted octanol–water partition coefficient (Wildman–Crippen LogP) is 6.23. The summed E-state index contributed by atoms with van der Waals surface area (Å²) in [5.41, 5.74) is 15.9. The van der Waals surface area contributed by atoms with Gasteiger partial charge in [-0.3, -0.25) is 0 Å². The third-order valence-electron chi connectivity index (χ3n) is 16.3. The van der Waals surface area contributed by atoms with Gasteiger partial charge in [-0.15, -0.1) is 0 Å². The normalized spacial score (nSPS) is 19.3. The molecule has 7 aliphatic rings. The maximum atomic E-state index is 4.94. The Morgan fingerprint density at radius 3 is 0.523 bits per heavy atom. The van der Waals surface area contributed by atoms with Crippen molar-refractivity contribution in [3.63, 3.8) is 0 Å². The topological polar surface area (TPSA) is 92.8 Å². The van der Waals surface area contributed by atoms with E-state index in [0.29, 0.717) is 47.3 Å². The van der Waals surface area contributed by atoms with Crippen LogP contribution in [-0.4, -0.2) is 175 Å². The summed E-state index contributed by atoms with van der Waals surface area (Å²) in [5.74, 6) is 8.24. The Hall–Kier alpha value is 0.00286. The molecule has 7 fully saturated rings. The summed E-state index contributed by atoms with van der Waals surface area (Å²) in [7, 11) is 0. The number of nitrogens with one attached hydrogen (secondary N) is 4. The number of halogens is 2. The standard InChI is InChI=1S/2C26H36N2.C6H6.4C4H8O.2Ba.2HI/c2*1-17(2)21-11-9-12-22(18(3)4)25(21)27-15-16-28-26-23(19(5)6)13-10-14-24(26)20(7)8;1-3-4(1)6-2-5(3)6;4*1-2-4-5-3-1;;;;/h2*9-20H,1-8H3;1-6H;4*1-4H2;;;2*1H/q;;-2;;;;;2*+2;;/p+2. The van der Waals surface area contributed by atoms with Crippen molar-refractivity contribution < 1.29 is 86.9 Å². The molecule has 3 aliphatic carbocycles. The molecule has 86 heavy (non-hydrogen) atoms. The van der Waals surface area contributed by atoms with Gasteiger partial charge < -0.3 is 79.7 Å². The van der Waals surface area contributed by atoms with E-state index in [1.807, 2.05) is 24.9 Å². The van der Waals surface area contributed by atoms with Crippen molar-refractivity contribution in [1.29, 1.82) is 0 Å². The Morgan fingerprint density at radius 2 is 0.430 bits per heavy atom. The summed E-state index contributed by atoms with van der Waals surface area (Å²) in [5, 5.41) is 0. The van der Waals surface area contributed by atoms with Crippen LogP contribution in [-0.2, 0) is 18.9 Å². The molecule has 4 aromatic carbocycles. The van der Waals surface area contributed by atoms with Crippen molar-refractivity contribution in [3.05, 3.63) is 130 Å². The Morgan fingerprint density at radius 1 is 0.291 bits per heavy atom. The van der Waals surface area contributed by atoms with Crippen molar-refractivity contribution in [3.8, 4) is 0 Å². The van der Waals surface area contributed by atoms with Gasteiger partial charge in [0, 0.05) is 97.4 Å². The molecule has 468 valence electrons. The minimum absolute atomic E-state index is 0. The van der Waals surface area contributed by atoms with Gasteiger partial charge in [0.1, 0.15) is 0 Å². The van der Waals surface area contributed by atoms with Crippen molar-refractivity contribution in [2.75, 3.05) is 52.9 Å². The van der Waals surface area contributed by atoms with Crippen molar-refractivity contribution in [1.82, 2.24) is 0 Å². The van der Waals surface area contributed by atoms with Crippen molar-refractivity contribution >= 4 is 145 Å². The van der Waals surface area contributed by atoms with E-state index in [2.05, 4.69) is 216 Å². The number of hydrogen-bond acceptors (Lipinski definition) is 4. The maximum Gasteiger partial charge on any atom is 2.00 e. The minimum atomic E-state index is 0. The monoisotopic (exact) mass is 1650 g/mol. The zero-order valence-electron chi connectivity index (χ0n) is 56.4. The third kappa shape index (κ3) is 28.7. The van der Waals surface area contributed by atoms with Crippen LogP contribution < -0.4 is 67.9 Å². The van der Waals surface area contributed by atoms with E-state index in [1.54, 1.807) is 0 Å². The fourth-order valence-electron chi connectivity index (χ4n) is 11.2. The molecule has 4 saturated heterocycles. The van der Waals surface area contributed by atoms with Gasteiger partial charge in [0.15, 0.2) is 0 Å². The molecule has 0 spiro atoms. The second-order valence-electron chi connectivity index (χ2n) is 25.7. The van der Waals surface area contributed by atoms with Gasteiger partial charge >= 0.3 is 97.8 Å². The molecular weight excluding hydrogens is 1540 g/mol. The van der Waals surface area contributed by atoms with E-state index >= 15 is 0 Å². The van der Waals surface area contributed by atoms with Gasteiger partial charge in [0.2, 0.25) is 47.6 Å². The zero-order chi connectivity index (χ0) is 59.6. The van der Waals surface area contributed by atoms with Crippen LogP contribution in [0.15, 0.2) is 72.8 Å². The first-order valence-electron chi connectivity index (χ1n) is 32.3. The first-order chi connectivity index (χ1) is 39.4. The van der Waals surface area contributed by atoms with E-state index in [9.17, 15) is 0 Å². The number of fused-ring (bicyclic) bond motifs is 4. The molecule has 11 rings (SSSR count). The molecule has 4 heterocycles. The predicted molar refractivity (Wildman–Crippen MR) is 360 cm³/mol. The smallest absolute Gasteiger partial charge is 1.00 e. The Bertz CT molecular complexity index is 2100. The van der Waals surface area contributed by atoms with E-state index in [4.69, 9.17) is 18.9 Å². The summed E-state index contributed by atoms with van der Waals surface area (Å²) in [6.07, 6.45) is 23.3. The van der Waals surface area contributed by atoms with Crippen LogP contribution >= 0.6 is 0 Å². The molecule has 8 nitrogen and oxygen atoms in total. The van der Waals surface area contributed by atoms with Crippen LogP contribution in [0.5, 0.6) is 0 Å². The number of hydrogen-bond donors (Lipinski definition) is 4. The first-order valence-corrected chi connectivity index (χ1v) is 32.3. The Balaban J connectivity index is 0.000000579. The Kier molecular flexibility index (Phi) is 45.1. The Labute approximate surface area is 639 Å². The maximum absolute atomic E-state index is 4.94. The molecule has 0 aromatic heterocycles. The van der Waals surface area contributed by atoms with Gasteiger partial charge in [-0.1, -0.05) is 184 Å². The molecule has 3 saturated carbocycles. The number of ether oxygens (including phenoxy) is 4. The van der Waals surface area contributed by atoms with Gasteiger partial charge in [-0.2, -0.15) is 0 Å². The molecular formula is C74H114Ba2I2N4O4+4. The number of para-hydroxylation sites is 4. The average Bonchev–Trinajstić information content (AvgIpc) is 1.95. The van der Waals surface area contributed by atoms with Gasteiger partial charge in [0.25, 0.3) is 0 Å². The van der Waals surface area contributed by atoms with Crippen LogP contribution in [0.2, 0.25) is 0 Å². The molecule has 0 bridgehead atoms. The van der Waals surface area contributed by atoms with Crippen LogP contribution in [0, 0.1) is 36.5 Å². The number of benzene rings is 4. The summed E-state index contributed by atoms with van der Waals surface area (Å²) in [4.78, 5) is 14.3. The second-order valence-corrected chi connectivity index (χ2v) is 25.7. The largest absolute Gasteiger partial charge is 2.00 e. The molecule has 0 unspecified atom stereocenters. The second kappa shape index (κ2) is 46.2. The van der Waals surface area contributed by atoms with Crippen LogP contribution in [0.3, 0.4) is 0 Å². The van der Waals surface area contributed by atoms with Crippen molar-refractivity contribution in [2.24, 2.45) is 23.7 Å². The van der Waals surface area contributed by atoms with E-state index in [0.717, 1.165) is 76.5 Å². The van der Waals surface area contributed by atoms with Gasteiger partial charge in [-0.25, -0.2) is 43.6 Å². The molecule has 4 N–H and O–H groups in total. The molecule has 0 radical (unpaired) electrons. The van der Waals surface area contributed by atoms with Gasteiger partial charge in [-0.05, 0) is 98.7 Å². The number of rotatable bonds is 14. The first kappa shape index (κ1) is 84.0. The molecule has 0 atom stereocenters. The quantitative estimate of drug-likeness (QED) is 0.0523. The van der Waals surface area contributed by atoms with Crippen molar-refractivity contribution in [2.45, 2.75) is 209 Å². The van der Waals surface area contributed by atoms with E-state index in [1.165, 1.54) is 119 Å². The third-order valence-corrected chi connectivity index (χ3v) is 16.3. The summed E-state index contributed by atoms with van der Waals surface area (Å²) < 4.78 is 19.8. The molecule has 4 aliphatic heterocycles. The SMILES string of the molecule is C1CCOC1.C1CCOC1.C1CCOC1.C1CCOC1.CC(C)c1cccc(C(C)C)c1[NH+]=CC=[NH+]c1c(C(C)C)cccc1C(C)C.CC(C)c1cccc(C(C)C)c1[NH+]=CC=[NH+]c1c(C(C)C)cccc1C(C)C.[Ba+2].[Ba+2].[CH-]1C2C1C1[CH-]C21.[I-].[I-]. The fraction of sp³-hybridized carbons (Fsp3) is 0.595. The van der Waals surface area contributed by atoms with E-state index in [-0.39, 0.29) is 146 Å². The van der Waals surface area contributed by atoms with E-state index < -0.39 is 0 Å². The van der Waals surface area contributed by atoms with Crippen LogP contribution in [0.4, 0.5) is 22.7 Å². The molecule has 4 aromatic rings. The average molecular weight is 1650 g/mol. The van der Waals surface area contributed by atoms with Crippen LogP contribution in [0.1, 0.15) is 254 Å². The molecule has 12 heteroatoms. The minimum Gasteiger partial charge on any atom is -1.00 e. The van der Waals surface area contributed by atoms with Gasteiger partial charge in [0.05, 0.1) is 0 Å². The summed E-state index contributed by atoms with van der Waals surface area (Å²) in [6, 6.07) is 26.5. The zero-order valence-corrected chi connectivity index (χ0v) is 69.6.